The summed E-state index contributed by atoms with van der Waals surface area (Å²) >= 11 is 0. The van der Waals surface area contributed by atoms with E-state index in [4.69, 9.17) is 4.74 Å². The zero-order valence-electron chi connectivity index (χ0n) is 4.85. The maximum Gasteiger partial charge on any atom is 0.0778 e. The highest BCUT2D eigenvalue weighted by molar-refractivity contribution is 4.87. The van der Waals surface area contributed by atoms with Crippen LogP contribution in [-0.4, -0.2) is 13.2 Å². The molecule has 41 valence electrons. The average Bonchev–Trinajstić information content (AvgIpc) is 1.72. The lowest BCUT2D eigenvalue weighted by Crippen LogP contribution is -2.03. The highest BCUT2D eigenvalue weighted by atomic mass is 16.5. The summed E-state index contributed by atoms with van der Waals surface area (Å²) < 4.78 is 4.88. The van der Waals surface area contributed by atoms with Gasteiger partial charge in [-0.15, -0.1) is 6.58 Å². The summed E-state index contributed by atoms with van der Waals surface area (Å²) in [6.07, 6.45) is 3.81. The second kappa shape index (κ2) is 3.88. The van der Waals surface area contributed by atoms with Crippen LogP contribution in [0.4, 0.5) is 0 Å². The van der Waals surface area contributed by atoms with E-state index in [9.17, 15) is 0 Å². The summed E-state index contributed by atoms with van der Waals surface area (Å²) in [6.45, 7) is 5.49. The molecule has 1 unspecified atom stereocenters. The van der Waals surface area contributed by atoms with E-state index in [0.717, 1.165) is 0 Å². The van der Waals surface area contributed by atoms with E-state index in [-0.39, 0.29) is 6.10 Å². The first-order valence-electron chi connectivity index (χ1n) is 2.30. The maximum absolute atomic E-state index is 4.88. The van der Waals surface area contributed by atoms with Gasteiger partial charge >= 0.3 is 0 Å². The van der Waals surface area contributed by atoms with E-state index in [1.165, 1.54) is 0 Å². The molecule has 0 rings (SSSR count). The van der Waals surface area contributed by atoms with Gasteiger partial charge in [-0.3, -0.25) is 0 Å². The van der Waals surface area contributed by atoms with Crippen molar-refractivity contribution in [1.29, 1.82) is 0 Å². The molecule has 0 fully saturated rings. The van der Waals surface area contributed by atoms with Gasteiger partial charge < -0.3 is 4.74 Å². The van der Waals surface area contributed by atoms with E-state index in [1.807, 2.05) is 13.3 Å². The Morgan fingerprint density at radius 3 is 2.29 bits per heavy atom. The van der Waals surface area contributed by atoms with Crippen LogP contribution in [0.5, 0.6) is 0 Å². The van der Waals surface area contributed by atoms with Crippen LogP contribution in [-0.2, 0) is 4.74 Å². The van der Waals surface area contributed by atoms with Crippen LogP contribution in [0.25, 0.3) is 0 Å². The molecule has 1 nitrogen and oxygen atoms in total. The quantitative estimate of drug-likeness (QED) is 0.486. The normalized spacial score (nSPS) is 13.4. The molecule has 0 spiro atoms. The highest BCUT2D eigenvalue weighted by Gasteiger charge is 1.92. The van der Waals surface area contributed by atoms with Crippen molar-refractivity contribution in [2.45, 2.75) is 13.0 Å². The van der Waals surface area contributed by atoms with Crippen molar-refractivity contribution < 1.29 is 4.74 Å². The largest absolute Gasteiger partial charge is 0.377 e. The van der Waals surface area contributed by atoms with E-state index in [0.29, 0.717) is 0 Å². The third kappa shape index (κ3) is 2.40. The fourth-order valence-corrected chi connectivity index (χ4v) is 0.368. The molecule has 0 aliphatic carbocycles. The molecule has 0 aromatic rings. The summed E-state index contributed by atoms with van der Waals surface area (Å²) in [4.78, 5) is 0. The Morgan fingerprint density at radius 1 is 1.71 bits per heavy atom. The summed E-state index contributed by atoms with van der Waals surface area (Å²) in [5.41, 5.74) is 0. The fraction of sp³-hybridized carbons (Fsp3) is 0.500. The topological polar surface area (TPSA) is 9.23 Å². The Labute approximate surface area is 45.0 Å². The molecule has 1 atom stereocenters. The summed E-state index contributed by atoms with van der Waals surface area (Å²) in [5, 5.41) is 0. The molecular formula is C6H11O. The second-order valence-electron chi connectivity index (χ2n) is 1.27. The van der Waals surface area contributed by atoms with Crippen molar-refractivity contribution >= 4 is 0 Å². The Hall–Kier alpha value is -0.300. The van der Waals surface area contributed by atoms with Crippen LogP contribution >= 0.6 is 0 Å². The van der Waals surface area contributed by atoms with Crippen LogP contribution in [0.15, 0.2) is 12.7 Å². The minimum atomic E-state index is 0.125. The number of hydrogen-bond acceptors (Lipinski definition) is 1. The summed E-state index contributed by atoms with van der Waals surface area (Å²) in [6, 6.07) is 0. The van der Waals surface area contributed by atoms with Gasteiger partial charge in [0, 0.05) is 7.11 Å². The molecule has 0 aromatic carbocycles. The standard InChI is InChI=1S/C6H11O/c1-4-6(5-2)7-3/h4-6H,1H2,2-3H3. The molecule has 0 bridgehead atoms. The first-order valence-corrected chi connectivity index (χ1v) is 2.30. The van der Waals surface area contributed by atoms with Crippen LogP contribution in [0.1, 0.15) is 6.92 Å². The SMILES string of the molecule is C=CC([CH]C)OC. The van der Waals surface area contributed by atoms with Crippen LogP contribution in [0.2, 0.25) is 0 Å². The lowest BCUT2D eigenvalue weighted by Gasteiger charge is -2.03. The summed E-state index contributed by atoms with van der Waals surface area (Å²) in [5.74, 6) is 0. The molecule has 0 N–H and O–H groups in total. The lowest BCUT2D eigenvalue weighted by atomic mass is 10.3. The first-order chi connectivity index (χ1) is 3.35. The number of hydrogen-bond donors (Lipinski definition) is 0. The van der Waals surface area contributed by atoms with Crippen molar-refractivity contribution in [1.82, 2.24) is 0 Å². The molecule has 0 saturated carbocycles. The van der Waals surface area contributed by atoms with E-state index < -0.39 is 0 Å². The van der Waals surface area contributed by atoms with Crippen molar-refractivity contribution in [2.24, 2.45) is 0 Å². The van der Waals surface area contributed by atoms with Gasteiger partial charge in [0.15, 0.2) is 0 Å². The van der Waals surface area contributed by atoms with Crippen LogP contribution < -0.4 is 0 Å². The number of rotatable bonds is 3. The van der Waals surface area contributed by atoms with Gasteiger partial charge in [-0.2, -0.15) is 0 Å². The zero-order chi connectivity index (χ0) is 5.70. The maximum atomic E-state index is 4.88. The predicted octanol–water partition coefficient (Wildman–Crippen LogP) is 1.41. The van der Waals surface area contributed by atoms with Gasteiger partial charge in [0.1, 0.15) is 0 Å². The number of ether oxygens (including phenoxy) is 1. The van der Waals surface area contributed by atoms with Crippen molar-refractivity contribution in [3.63, 3.8) is 0 Å². The molecule has 0 aliphatic heterocycles. The fourth-order valence-electron chi connectivity index (χ4n) is 0.368. The molecule has 0 aromatic heterocycles. The van der Waals surface area contributed by atoms with Gasteiger partial charge in [-0.1, -0.05) is 13.0 Å². The van der Waals surface area contributed by atoms with Crippen molar-refractivity contribution in [3.8, 4) is 0 Å². The highest BCUT2D eigenvalue weighted by Crippen LogP contribution is 1.92. The number of methoxy groups -OCH3 is 1. The molecule has 1 heteroatoms. The molecule has 1 radical (unpaired) electrons. The summed E-state index contributed by atoms with van der Waals surface area (Å²) in [7, 11) is 1.66. The predicted molar refractivity (Wildman–Crippen MR) is 31.0 cm³/mol. The third-order valence-corrected chi connectivity index (χ3v) is 0.833. The van der Waals surface area contributed by atoms with Gasteiger partial charge in [0.2, 0.25) is 0 Å². The Morgan fingerprint density at radius 2 is 2.29 bits per heavy atom. The lowest BCUT2D eigenvalue weighted by molar-refractivity contribution is 0.166. The van der Waals surface area contributed by atoms with Crippen molar-refractivity contribution in [3.05, 3.63) is 19.1 Å². The minimum absolute atomic E-state index is 0.125. The van der Waals surface area contributed by atoms with E-state index in [2.05, 4.69) is 6.58 Å². The van der Waals surface area contributed by atoms with Gasteiger partial charge in [-0.05, 0) is 6.42 Å². The van der Waals surface area contributed by atoms with Gasteiger partial charge in [0.05, 0.1) is 6.10 Å². The molecular weight excluding hydrogens is 88.1 g/mol. The zero-order valence-corrected chi connectivity index (χ0v) is 4.85. The Kier molecular flexibility index (Phi) is 3.71. The van der Waals surface area contributed by atoms with Crippen LogP contribution in [0, 0.1) is 6.42 Å². The van der Waals surface area contributed by atoms with Gasteiger partial charge in [-0.25, -0.2) is 0 Å². The van der Waals surface area contributed by atoms with Crippen molar-refractivity contribution in [2.75, 3.05) is 7.11 Å². The Balaban J connectivity index is 3.16. The second-order valence-corrected chi connectivity index (χ2v) is 1.27. The third-order valence-electron chi connectivity index (χ3n) is 0.833. The first kappa shape index (κ1) is 6.70. The minimum Gasteiger partial charge on any atom is -0.377 e. The Bertz CT molecular complexity index is 46.1. The smallest absolute Gasteiger partial charge is 0.0778 e. The van der Waals surface area contributed by atoms with E-state index >= 15 is 0 Å². The van der Waals surface area contributed by atoms with E-state index in [1.54, 1.807) is 13.2 Å². The molecule has 7 heavy (non-hydrogen) atoms. The molecule has 0 aliphatic rings. The molecule has 0 amide bonds. The molecule has 0 saturated heterocycles. The van der Waals surface area contributed by atoms with Gasteiger partial charge in [0.25, 0.3) is 0 Å². The molecule has 0 heterocycles. The average molecular weight is 99.2 g/mol. The monoisotopic (exact) mass is 99.1 g/mol. The van der Waals surface area contributed by atoms with Crippen LogP contribution in [0.3, 0.4) is 0 Å².